The molecule has 2 aliphatic carbocycles. The summed E-state index contributed by atoms with van der Waals surface area (Å²) in [7, 11) is -2.95. The minimum atomic E-state index is -4.48. The van der Waals surface area contributed by atoms with Gasteiger partial charge in [-0.05, 0) is 101 Å². The molecule has 5 aliphatic rings. The normalized spacial score (nSPS) is 28.9. The van der Waals surface area contributed by atoms with Gasteiger partial charge in [0.1, 0.15) is 46.4 Å². The number of carbonyl (C=O) groups is 4. The highest BCUT2D eigenvalue weighted by Crippen LogP contribution is 2.48. The molecule has 15 nitrogen and oxygen atoms in total. The molecule has 4 amide bonds. The number of hydrogen-bond donors (Lipinski definition) is 3. The maximum atomic E-state index is 15.1. The number of benzene rings is 1. The topological polar surface area (TPSA) is 194 Å². The molecule has 1 saturated heterocycles. The van der Waals surface area contributed by atoms with Gasteiger partial charge in [0.2, 0.25) is 33.6 Å². The maximum Gasteiger partial charge on any atom is 0.408 e. The number of nitrogens with zero attached hydrogens (tertiary/aromatic N) is 3. The average molecular weight is 878 g/mol. The van der Waals surface area contributed by atoms with Crippen molar-refractivity contribution in [3.8, 4) is 17.5 Å². The summed E-state index contributed by atoms with van der Waals surface area (Å²) in [5, 5.41) is 14.6. The zero-order valence-corrected chi connectivity index (χ0v) is 35.7. The molecule has 0 bridgehead atoms. The van der Waals surface area contributed by atoms with Gasteiger partial charge in [0, 0.05) is 23.3 Å². The average Bonchev–Trinajstić information content (AvgIpc) is 4.12. The SMILES string of the molecule is COc1ccc2c(O[C@@H]3C[C@H]4C(=O)N[C@]5(C(=O)NS(=O)(=O)C6(CF)CC6)C[C@H]5C=CCC[C@@H](C)C[C@@H](C)[C@H](N(C(=O)O)C(C)(C)C(F)F)C(=O)N4C3)nc3c(c2c1)CCCO3. The summed E-state index contributed by atoms with van der Waals surface area (Å²) >= 11 is 0. The molecule has 7 atom stereocenters. The van der Waals surface area contributed by atoms with Crippen LogP contribution >= 0.6 is 0 Å². The van der Waals surface area contributed by atoms with E-state index in [1.807, 2.05) is 17.7 Å². The van der Waals surface area contributed by atoms with E-state index in [1.54, 1.807) is 31.2 Å². The summed E-state index contributed by atoms with van der Waals surface area (Å²) in [6.07, 6.45) is 0.135. The molecule has 3 fully saturated rings. The lowest BCUT2D eigenvalue weighted by molar-refractivity contribution is -0.149. The Labute approximate surface area is 352 Å². The first-order valence-electron chi connectivity index (χ1n) is 20.8. The fourth-order valence-electron chi connectivity index (χ4n) is 9.17. The van der Waals surface area contributed by atoms with Crippen molar-refractivity contribution in [3.63, 3.8) is 0 Å². The molecule has 61 heavy (non-hydrogen) atoms. The standard InChI is InChI=1S/C42H54F3N5O10S/c1-23-9-6-7-10-25-20-42(25,38(53)48-61(56,57)41(22-43)14-15-41)47-33(51)31-19-27(21-49(31)36(52)32(24(2)17-23)50(39(54)55)40(3,4)37(44)45)60-35-29-13-12-26(58-5)18-30(29)28-11-8-16-59-34(28)46-35/h7,10,12-13,18,23-25,27,31-32,37H,6,8-9,11,14-17,19-22H2,1-5H3,(H,47,51)(H,48,53)(H,54,55)/t23-,24-,25-,27-,31+,32+,42-/m1/s1. The molecule has 3 N–H and O–H groups in total. The number of rotatable bonds is 10. The van der Waals surface area contributed by atoms with Crippen molar-refractivity contribution in [2.75, 3.05) is 26.9 Å². The predicted octanol–water partition coefficient (Wildman–Crippen LogP) is 5.14. The van der Waals surface area contributed by atoms with Crippen molar-refractivity contribution in [3.05, 3.63) is 35.9 Å². The minimum Gasteiger partial charge on any atom is -0.497 e. The van der Waals surface area contributed by atoms with Gasteiger partial charge in [0.05, 0.1) is 20.3 Å². The lowest BCUT2D eigenvalue weighted by atomic mass is 9.85. The Morgan fingerprint density at radius 2 is 1.92 bits per heavy atom. The van der Waals surface area contributed by atoms with Crippen molar-refractivity contribution >= 4 is 44.6 Å². The van der Waals surface area contributed by atoms with Gasteiger partial charge in [-0.1, -0.05) is 26.0 Å². The number of fused-ring (bicyclic) bond motifs is 5. The molecular weight excluding hydrogens is 824 g/mol. The van der Waals surface area contributed by atoms with Gasteiger partial charge in [-0.2, -0.15) is 4.98 Å². The van der Waals surface area contributed by atoms with Gasteiger partial charge in [-0.15, -0.1) is 0 Å². The molecule has 0 radical (unpaired) electrons. The van der Waals surface area contributed by atoms with E-state index in [-0.39, 0.29) is 50.4 Å². The van der Waals surface area contributed by atoms with Gasteiger partial charge < -0.3 is 29.5 Å². The number of hydrogen-bond acceptors (Lipinski definition) is 10. The molecule has 7 rings (SSSR count). The number of amides is 4. The summed E-state index contributed by atoms with van der Waals surface area (Å²) < 4.78 is 88.2. The summed E-state index contributed by atoms with van der Waals surface area (Å²) in [6, 6.07) is 2.18. The van der Waals surface area contributed by atoms with Crippen molar-refractivity contribution in [1.29, 1.82) is 0 Å². The number of allylic oxidation sites excluding steroid dienone is 1. The number of pyridine rings is 1. The van der Waals surface area contributed by atoms with Gasteiger partial charge >= 0.3 is 6.09 Å². The predicted molar refractivity (Wildman–Crippen MR) is 216 cm³/mol. The molecule has 3 aliphatic heterocycles. The van der Waals surface area contributed by atoms with E-state index < -0.39 is 92.8 Å². The second kappa shape index (κ2) is 16.5. The molecule has 2 saturated carbocycles. The summed E-state index contributed by atoms with van der Waals surface area (Å²) in [6.45, 7) is 4.51. The van der Waals surface area contributed by atoms with Crippen LogP contribution in [-0.4, -0.2) is 119 Å². The molecular formula is C42H54F3N5O10S. The van der Waals surface area contributed by atoms with Crippen LogP contribution in [-0.2, 0) is 30.8 Å². The number of ether oxygens (including phenoxy) is 3. The molecule has 2 aromatic rings. The van der Waals surface area contributed by atoms with Crippen LogP contribution in [0.25, 0.3) is 10.8 Å². The van der Waals surface area contributed by atoms with Crippen LogP contribution in [0.2, 0.25) is 0 Å². The van der Waals surface area contributed by atoms with Crippen LogP contribution in [0, 0.1) is 17.8 Å². The van der Waals surface area contributed by atoms with Crippen molar-refractivity contribution < 1.29 is 60.1 Å². The second-order valence-corrected chi connectivity index (χ2v) is 20.0. The Morgan fingerprint density at radius 1 is 1.18 bits per heavy atom. The van der Waals surface area contributed by atoms with Crippen LogP contribution < -0.4 is 24.2 Å². The lowest BCUT2D eigenvalue weighted by Crippen LogP contribution is -2.64. The van der Waals surface area contributed by atoms with Crippen LogP contribution in [0.4, 0.5) is 18.0 Å². The summed E-state index contributed by atoms with van der Waals surface area (Å²) in [5.74, 6) is -3.41. The Kier molecular flexibility index (Phi) is 12.0. The Bertz CT molecular complexity index is 2220. The lowest BCUT2D eigenvalue weighted by Gasteiger charge is -2.44. The van der Waals surface area contributed by atoms with E-state index in [0.717, 1.165) is 36.1 Å². The van der Waals surface area contributed by atoms with E-state index in [1.165, 1.54) is 7.11 Å². The number of sulfonamides is 1. The number of halogens is 3. The molecule has 0 unspecified atom stereocenters. The number of aromatic nitrogens is 1. The van der Waals surface area contributed by atoms with Crippen LogP contribution in [0.15, 0.2) is 30.4 Å². The largest absolute Gasteiger partial charge is 0.497 e. The van der Waals surface area contributed by atoms with E-state index in [4.69, 9.17) is 19.2 Å². The van der Waals surface area contributed by atoms with Gasteiger partial charge in [-0.25, -0.2) is 26.4 Å². The number of nitrogens with one attached hydrogen (secondary N) is 2. The third-order valence-electron chi connectivity index (χ3n) is 13.2. The second-order valence-electron chi connectivity index (χ2n) is 17.9. The number of alkyl halides is 3. The van der Waals surface area contributed by atoms with E-state index in [2.05, 4.69) is 5.32 Å². The van der Waals surface area contributed by atoms with E-state index >= 15 is 4.79 Å². The Balaban J connectivity index is 1.30. The molecule has 4 heterocycles. The zero-order chi connectivity index (χ0) is 44.2. The highest BCUT2D eigenvalue weighted by molar-refractivity contribution is 7.91. The minimum absolute atomic E-state index is 0.00110. The fraction of sp³-hybridized carbons (Fsp3) is 0.643. The smallest absolute Gasteiger partial charge is 0.408 e. The molecule has 19 heteroatoms. The third-order valence-corrected chi connectivity index (χ3v) is 15.3. The van der Waals surface area contributed by atoms with Crippen molar-refractivity contribution in [2.24, 2.45) is 17.8 Å². The highest BCUT2D eigenvalue weighted by atomic mass is 32.2. The fourth-order valence-corrected chi connectivity index (χ4v) is 10.6. The first-order valence-corrected chi connectivity index (χ1v) is 22.3. The van der Waals surface area contributed by atoms with Gasteiger partial charge in [0.25, 0.3) is 12.3 Å². The van der Waals surface area contributed by atoms with Crippen LogP contribution in [0.5, 0.6) is 17.5 Å². The van der Waals surface area contributed by atoms with Crippen molar-refractivity contribution in [1.82, 2.24) is 24.8 Å². The molecule has 334 valence electrons. The zero-order valence-electron chi connectivity index (χ0n) is 34.9. The summed E-state index contributed by atoms with van der Waals surface area (Å²) in [4.78, 5) is 63.2. The van der Waals surface area contributed by atoms with Crippen LogP contribution in [0.3, 0.4) is 0 Å². The van der Waals surface area contributed by atoms with Gasteiger partial charge in [0.15, 0.2) is 0 Å². The molecule has 0 spiro atoms. The summed E-state index contributed by atoms with van der Waals surface area (Å²) in [5.41, 5.74) is -3.29. The Morgan fingerprint density at radius 3 is 2.57 bits per heavy atom. The van der Waals surface area contributed by atoms with Gasteiger partial charge in [-0.3, -0.25) is 24.0 Å². The number of methoxy groups -OCH3 is 1. The van der Waals surface area contributed by atoms with Crippen molar-refractivity contribution in [2.45, 2.75) is 126 Å². The quantitative estimate of drug-likeness (QED) is 0.268. The Hall–Kier alpha value is -4.81. The maximum absolute atomic E-state index is 15.1. The van der Waals surface area contributed by atoms with Crippen LogP contribution in [0.1, 0.15) is 84.6 Å². The van der Waals surface area contributed by atoms with E-state index in [0.29, 0.717) is 47.8 Å². The highest BCUT2D eigenvalue weighted by Gasteiger charge is 2.64. The first-order chi connectivity index (χ1) is 28.8. The molecule has 1 aromatic heterocycles. The molecule has 1 aromatic carbocycles. The number of aryl methyl sites for hydroxylation is 1. The monoisotopic (exact) mass is 877 g/mol. The third kappa shape index (κ3) is 8.18. The van der Waals surface area contributed by atoms with E-state index in [9.17, 15) is 41.1 Å². The number of carboxylic acid groups (broad SMARTS) is 1. The number of carbonyl (C=O) groups excluding carboxylic acids is 3. The first kappa shape index (κ1) is 44.3.